The van der Waals surface area contributed by atoms with Gasteiger partial charge in [-0.1, -0.05) is 6.07 Å². The van der Waals surface area contributed by atoms with Crippen molar-refractivity contribution in [3.8, 4) is 0 Å². The summed E-state index contributed by atoms with van der Waals surface area (Å²) in [6.45, 7) is 5.28. The molecule has 0 unspecified atom stereocenters. The second kappa shape index (κ2) is 6.24. The highest BCUT2D eigenvalue weighted by atomic mass is 32.2. The van der Waals surface area contributed by atoms with Crippen LogP contribution in [-0.4, -0.2) is 39.7 Å². The number of carbonyl (C=O) groups is 2. The molecule has 1 heterocycles. The highest BCUT2D eigenvalue weighted by Gasteiger charge is 2.36. The molecule has 0 spiro atoms. The van der Waals surface area contributed by atoms with Gasteiger partial charge in [0.05, 0.1) is 9.96 Å². The summed E-state index contributed by atoms with van der Waals surface area (Å²) in [7, 11) is 0. The van der Waals surface area contributed by atoms with Gasteiger partial charge in [-0.15, -0.1) is 23.1 Å². The number of hydrogen-bond acceptors (Lipinski definition) is 4. The molecular weight excluding hydrogens is 270 g/mol. The molecule has 0 aliphatic heterocycles. The molecule has 1 aromatic rings. The summed E-state index contributed by atoms with van der Waals surface area (Å²) in [6.07, 6.45) is 0. The van der Waals surface area contributed by atoms with Crippen molar-refractivity contribution in [1.29, 1.82) is 0 Å². The molecule has 0 aromatic carbocycles. The molecule has 0 fully saturated rings. The van der Waals surface area contributed by atoms with Crippen molar-refractivity contribution < 1.29 is 14.7 Å². The minimum Gasteiger partial charge on any atom is -0.480 e. The first-order valence-electron chi connectivity index (χ1n) is 5.59. The number of rotatable bonds is 6. The van der Waals surface area contributed by atoms with Gasteiger partial charge < -0.3 is 10.0 Å². The summed E-state index contributed by atoms with van der Waals surface area (Å²) in [4.78, 5) is 24.6. The van der Waals surface area contributed by atoms with Crippen molar-refractivity contribution >= 4 is 35.0 Å². The van der Waals surface area contributed by atoms with Crippen molar-refractivity contribution in [3.63, 3.8) is 0 Å². The Morgan fingerprint density at radius 3 is 2.61 bits per heavy atom. The molecule has 4 nitrogen and oxygen atoms in total. The van der Waals surface area contributed by atoms with E-state index in [9.17, 15) is 9.59 Å². The molecule has 0 aliphatic rings. The highest BCUT2D eigenvalue weighted by molar-refractivity contribution is 8.01. The smallest absolute Gasteiger partial charge is 0.329 e. The first-order chi connectivity index (χ1) is 8.39. The molecule has 100 valence electrons. The van der Waals surface area contributed by atoms with Crippen LogP contribution in [-0.2, 0) is 9.59 Å². The molecule has 0 bridgehead atoms. The standard InChI is InChI=1S/C12H17NO3S2/c1-4-13(12(2,3)11(15)16)9(14)8-18-10-6-5-7-17-10/h5-7H,4,8H2,1-3H3,(H,15,16). The number of likely N-dealkylation sites (N-methyl/N-ethyl adjacent to an activating group) is 1. The van der Waals surface area contributed by atoms with Crippen molar-refractivity contribution in [1.82, 2.24) is 4.90 Å². The Labute approximate surface area is 115 Å². The van der Waals surface area contributed by atoms with E-state index in [1.54, 1.807) is 32.1 Å². The lowest BCUT2D eigenvalue weighted by atomic mass is 10.0. The van der Waals surface area contributed by atoms with Crippen LogP contribution in [0.4, 0.5) is 0 Å². The molecular formula is C12H17NO3S2. The summed E-state index contributed by atoms with van der Waals surface area (Å²) in [6, 6.07) is 3.87. The predicted molar refractivity (Wildman–Crippen MR) is 74.1 cm³/mol. The molecule has 6 heteroatoms. The largest absolute Gasteiger partial charge is 0.480 e. The van der Waals surface area contributed by atoms with E-state index in [2.05, 4.69) is 0 Å². The van der Waals surface area contributed by atoms with Gasteiger partial charge in [0, 0.05) is 6.54 Å². The highest BCUT2D eigenvalue weighted by Crippen LogP contribution is 2.25. The molecule has 0 atom stereocenters. The average molecular weight is 287 g/mol. The van der Waals surface area contributed by atoms with E-state index >= 15 is 0 Å². The molecule has 0 saturated heterocycles. The summed E-state index contributed by atoms with van der Waals surface area (Å²) in [5, 5.41) is 11.1. The van der Waals surface area contributed by atoms with E-state index in [-0.39, 0.29) is 11.7 Å². The van der Waals surface area contributed by atoms with Gasteiger partial charge in [0.2, 0.25) is 5.91 Å². The van der Waals surface area contributed by atoms with E-state index in [0.717, 1.165) is 4.21 Å². The van der Waals surface area contributed by atoms with Crippen LogP contribution >= 0.6 is 23.1 Å². The van der Waals surface area contributed by atoms with Crippen LogP contribution in [0, 0.1) is 0 Å². The minimum absolute atomic E-state index is 0.150. The quantitative estimate of drug-likeness (QED) is 0.817. The molecule has 1 N–H and O–H groups in total. The fourth-order valence-electron chi connectivity index (χ4n) is 1.56. The van der Waals surface area contributed by atoms with Gasteiger partial charge in [-0.2, -0.15) is 0 Å². The van der Waals surface area contributed by atoms with Crippen molar-refractivity contribution in [2.24, 2.45) is 0 Å². The number of thioether (sulfide) groups is 1. The normalized spacial score (nSPS) is 11.3. The molecule has 1 rings (SSSR count). The Morgan fingerprint density at radius 1 is 1.50 bits per heavy atom. The number of carbonyl (C=O) groups excluding carboxylic acids is 1. The second-order valence-corrected chi connectivity index (χ2v) is 6.45. The van der Waals surface area contributed by atoms with Gasteiger partial charge in [0.25, 0.3) is 0 Å². The Balaban J connectivity index is 2.65. The molecule has 1 amide bonds. The predicted octanol–water partition coefficient (Wildman–Crippen LogP) is 2.55. The van der Waals surface area contributed by atoms with Crippen molar-refractivity contribution in [3.05, 3.63) is 17.5 Å². The maximum absolute atomic E-state index is 12.1. The lowest BCUT2D eigenvalue weighted by Crippen LogP contribution is -2.53. The number of hydrogen-bond donors (Lipinski definition) is 1. The van der Waals surface area contributed by atoms with E-state index in [4.69, 9.17) is 5.11 Å². The van der Waals surface area contributed by atoms with Crippen LogP contribution in [0.3, 0.4) is 0 Å². The number of nitrogens with zero attached hydrogens (tertiary/aromatic N) is 1. The Kier molecular flexibility index (Phi) is 5.22. The van der Waals surface area contributed by atoms with Crippen LogP contribution < -0.4 is 0 Å². The van der Waals surface area contributed by atoms with Crippen LogP contribution in [0.2, 0.25) is 0 Å². The zero-order valence-corrected chi connectivity index (χ0v) is 12.3. The van der Waals surface area contributed by atoms with E-state index in [1.807, 2.05) is 17.5 Å². The number of carboxylic acids is 1. The van der Waals surface area contributed by atoms with Crippen LogP contribution in [0.5, 0.6) is 0 Å². The second-order valence-electron chi connectivity index (χ2n) is 4.22. The van der Waals surface area contributed by atoms with Crippen LogP contribution in [0.1, 0.15) is 20.8 Å². The SMILES string of the molecule is CCN(C(=O)CSc1cccs1)C(C)(C)C(=O)O. The molecule has 0 aliphatic carbocycles. The summed E-state index contributed by atoms with van der Waals surface area (Å²) in [5.41, 5.74) is -1.16. The Bertz CT molecular complexity index is 415. The molecule has 18 heavy (non-hydrogen) atoms. The Hall–Kier alpha value is -1.01. The summed E-state index contributed by atoms with van der Waals surface area (Å²) >= 11 is 3.02. The third-order valence-corrected chi connectivity index (χ3v) is 4.76. The lowest BCUT2D eigenvalue weighted by Gasteiger charge is -2.34. The fourth-order valence-corrected chi connectivity index (χ4v) is 3.22. The van der Waals surface area contributed by atoms with Crippen molar-refractivity contribution in [2.45, 2.75) is 30.5 Å². The van der Waals surface area contributed by atoms with Gasteiger partial charge >= 0.3 is 5.97 Å². The zero-order chi connectivity index (χ0) is 13.8. The third-order valence-electron chi connectivity index (χ3n) is 2.65. The third kappa shape index (κ3) is 3.49. The number of amides is 1. The number of aliphatic carboxylic acids is 1. The summed E-state index contributed by atoms with van der Waals surface area (Å²) in [5.74, 6) is -0.868. The maximum Gasteiger partial charge on any atom is 0.329 e. The molecule has 0 radical (unpaired) electrons. The monoisotopic (exact) mass is 287 g/mol. The lowest BCUT2D eigenvalue weighted by molar-refractivity contribution is -0.155. The minimum atomic E-state index is -1.16. The fraction of sp³-hybridized carbons (Fsp3) is 0.500. The number of carboxylic acid groups (broad SMARTS) is 1. The van der Waals surface area contributed by atoms with Gasteiger partial charge in [0.1, 0.15) is 5.54 Å². The van der Waals surface area contributed by atoms with Crippen LogP contribution in [0.15, 0.2) is 21.7 Å². The van der Waals surface area contributed by atoms with Gasteiger partial charge in [-0.05, 0) is 32.2 Å². The van der Waals surface area contributed by atoms with E-state index in [0.29, 0.717) is 6.54 Å². The maximum atomic E-state index is 12.1. The first kappa shape index (κ1) is 15.0. The van der Waals surface area contributed by atoms with Crippen molar-refractivity contribution in [2.75, 3.05) is 12.3 Å². The molecule has 0 saturated carbocycles. The summed E-state index contributed by atoms with van der Waals surface area (Å²) < 4.78 is 1.06. The molecule has 1 aromatic heterocycles. The van der Waals surface area contributed by atoms with E-state index in [1.165, 1.54) is 16.7 Å². The van der Waals surface area contributed by atoms with E-state index < -0.39 is 11.5 Å². The Morgan fingerprint density at radius 2 is 2.17 bits per heavy atom. The first-order valence-corrected chi connectivity index (χ1v) is 7.46. The van der Waals surface area contributed by atoms with Gasteiger partial charge in [0.15, 0.2) is 0 Å². The average Bonchev–Trinajstić information content (AvgIpc) is 2.79. The topological polar surface area (TPSA) is 57.6 Å². The zero-order valence-electron chi connectivity index (χ0n) is 10.7. The van der Waals surface area contributed by atoms with Gasteiger partial charge in [-0.25, -0.2) is 4.79 Å². The van der Waals surface area contributed by atoms with Crippen LogP contribution in [0.25, 0.3) is 0 Å². The number of thiophene rings is 1. The van der Waals surface area contributed by atoms with Gasteiger partial charge in [-0.3, -0.25) is 4.79 Å².